The van der Waals surface area contributed by atoms with Crippen molar-refractivity contribution in [2.24, 2.45) is 5.92 Å². The Kier molecular flexibility index (Phi) is 5.20. The van der Waals surface area contributed by atoms with Crippen molar-refractivity contribution < 1.29 is 14.7 Å². The van der Waals surface area contributed by atoms with Crippen molar-refractivity contribution in [2.45, 2.75) is 31.7 Å². The predicted octanol–water partition coefficient (Wildman–Crippen LogP) is 3.17. The molecule has 2 N–H and O–H groups in total. The van der Waals surface area contributed by atoms with Crippen LogP contribution in [0.15, 0.2) is 18.2 Å². The van der Waals surface area contributed by atoms with Crippen molar-refractivity contribution in [1.29, 1.82) is 0 Å². The number of carbonyl (C=O) groups excluding carboxylic acids is 1. The fraction of sp³-hybridized carbons (Fsp3) is 0.429. The lowest BCUT2D eigenvalue weighted by Crippen LogP contribution is -2.39. The molecule has 1 saturated carbocycles. The first-order valence-corrected chi connectivity index (χ1v) is 7.71. The van der Waals surface area contributed by atoms with Gasteiger partial charge in [-0.2, -0.15) is 0 Å². The average molecular weight is 314 g/mol. The molecule has 0 saturated heterocycles. The molecular weight excluding hydrogens is 298 g/mol. The number of nitrogens with one attached hydrogen (secondary N) is 1. The molecule has 1 heterocycles. The first-order valence-electron chi connectivity index (χ1n) is 6.51. The monoisotopic (exact) mass is 313 g/mol. The zero-order valence-corrected chi connectivity index (χ0v) is 12.4. The highest BCUT2D eigenvalue weighted by molar-refractivity contribution is 7.17. The molecule has 1 fully saturated rings. The van der Waals surface area contributed by atoms with E-state index >= 15 is 0 Å². The summed E-state index contributed by atoms with van der Waals surface area (Å²) in [6.45, 7) is 0. The molecule has 2 rings (SSSR count). The number of rotatable bonds is 4. The van der Waals surface area contributed by atoms with E-state index in [4.69, 9.17) is 16.7 Å². The van der Waals surface area contributed by atoms with Gasteiger partial charge in [-0.05, 0) is 37.5 Å². The molecule has 2 atom stereocenters. The third kappa shape index (κ3) is 4.35. The molecular formula is C14H16ClNO3S. The van der Waals surface area contributed by atoms with Crippen LogP contribution >= 0.6 is 22.9 Å². The number of carboxylic acids is 1. The van der Waals surface area contributed by atoms with Gasteiger partial charge < -0.3 is 10.4 Å². The van der Waals surface area contributed by atoms with Crippen LogP contribution in [-0.2, 0) is 9.59 Å². The van der Waals surface area contributed by atoms with Gasteiger partial charge in [-0.15, -0.1) is 11.3 Å². The number of carboxylic acid groups (broad SMARTS) is 1. The molecule has 1 aromatic rings. The van der Waals surface area contributed by atoms with Crippen LogP contribution < -0.4 is 5.32 Å². The summed E-state index contributed by atoms with van der Waals surface area (Å²) >= 11 is 7.21. The fourth-order valence-corrected chi connectivity index (χ4v) is 3.33. The summed E-state index contributed by atoms with van der Waals surface area (Å²) in [5.41, 5.74) is 0. The molecule has 1 amide bonds. The van der Waals surface area contributed by atoms with Gasteiger partial charge in [-0.1, -0.05) is 18.0 Å². The van der Waals surface area contributed by atoms with Crippen molar-refractivity contribution in [2.75, 3.05) is 0 Å². The smallest absolute Gasteiger partial charge is 0.306 e. The lowest BCUT2D eigenvalue weighted by atomic mass is 9.86. The molecule has 20 heavy (non-hydrogen) atoms. The van der Waals surface area contributed by atoms with Crippen LogP contribution in [-0.4, -0.2) is 23.0 Å². The number of carbonyl (C=O) groups is 2. The van der Waals surface area contributed by atoms with E-state index in [1.165, 1.54) is 17.4 Å². The minimum Gasteiger partial charge on any atom is -0.481 e. The van der Waals surface area contributed by atoms with E-state index in [0.717, 1.165) is 17.7 Å². The summed E-state index contributed by atoms with van der Waals surface area (Å²) in [7, 11) is 0. The van der Waals surface area contributed by atoms with E-state index in [1.54, 1.807) is 12.1 Å². The Morgan fingerprint density at radius 3 is 2.85 bits per heavy atom. The first-order chi connectivity index (χ1) is 9.54. The molecule has 1 aliphatic carbocycles. The van der Waals surface area contributed by atoms with E-state index in [1.807, 2.05) is 6.07 Å². The summed E-state index contributed by atoms with van der Waals surface area (Å²) in [5, 5.41) is 11.9. The van der Waals surface area contributed by atoms with Crippen molar-refractivity contribution in [1.82, 2.24) is 5.32 Å². The Morgan fingerprint density at radius 1 is 1.40 bits per heavy atom. The van der Waals surface area contributed by atoms with Crippen LogP contribution in [0.4, 0.5) is 0 Å². The third-order valence-corrected chi connectivity index (χ3v) is 4.56. The van der Waals surface area contributed by atoms with Crippen LogP contribution in [0.5, 0.6) is 0 Å². The second kappa shape index (κ2) is 6.90. The van der Waals surface area contributed by atoms with E-state index in [-0.39, 0.29) is 17.9 Å². The molecule has 1 aliphatic rings. The van der Waals surface area contributed by atoms with Crippen molar-refractivity contribution in [3.8, 4) is 0 Å². The Hall–Kier alpha value is -1.33. The van der Waals surface area contributed by atoms with Gasteiger partial charge in [0.25, 0.3) is 0 Å². The molecule has 0 radical (unpaired) electrons. The highest BCUT2D eigenvalue weighted by Crippen LogP contribution is 2.25. The topological polar surface area (TPSA) is 66.4 Å². The van der Waals surface area contributed by atoms with Gasteiger partial charge in [-0.25, -0.2) is 0 Å². The Bertz CT molecular complexity index is 526. The molecule has 0 aliphatic heterocycles. The summed E-state index contributed by atoms with van der Waals surface area (Å²) in [5.74, 6) is -1.30. The van der Waals surface area contributed by atoms with Crippen molar-refractivity contribution in [3.63, 3.8) is 0 Å². The van der Waals surface area contributed by atoms with Crippen LogP contribution in [0.3, 0.4) is 0 Å². The summed E-state index contributed by atoms with van der Waals surface area (Å²) in [4.78, 5) is 23.7. The van der Waals surface area contributed by atoms with Crippen LogP contribution in [0.25, 0.3) is 6.08 Å². The molecule has 1 aromatic heterocycles. The van der Waals surface area contributed by atoms with Crippen LogP contribution in [0.1, 0.15) is 30.6 Å². The highest BCUT2D eigenvalue weighted by Gasteiger charge is 2.27. The summed E-state index contributed by atoms with van der Waals surface area (Å²) in [6, 6.07) is 3.58. The summed E-state index contributed by atoms with van der Waals surface area (Å²) in [6.07, 6.45) is 6.07. The molecule has 2 unspecified atom stereocenters. The standard InChI is InChI=1S/C14H16ClNO3S/c15-12-6-4-11(20-12)5-7-13(17)16-10-3-1-2-9(8-10)14(18)19/h4-7,9-10H,1-3,8H2,(H,16,17)(H,18,19). The number of halogens is 1. The Morgan fingerprint density at radius 2 is 2.20 bits per heavy atom. The number of hydrogen-bond acceptors (Lipinski definition) is 3. The SMILES string of the molecule is O=C(C=Cc1ccc(Cl)s1)NC1CCCC(C(=O)O)C1. The minimum absolute atomic E-state index is 0.0473. The first kappa shape index (κ1) is 15.1. The van der Waals surface area contributed by atoms with E-state index < -0.39 is 5.97 Å². The highest BCUT2D eigenvalue weighted by atomic mass is 35.5. The number of thiophene rings is 1. The third-order valence-electron chi connectivity index (χ3n) is 3.36. The second-order valence-corrected chi connectivity index (χ2v) is 6.63. The maximum Gasteiger partial charge on any atom is 0.306 e. The zero-order chi connectivity index (χ0) is 14.5. The molecule has 6 heteroatoms. The van der Waals surface area contributed by atoms with Crippen LogP contribution in [0, 0.1) is 5.92 Å². The van der Waals surface area contributed by atoms with Gasteiger partial charge in [0.05, 0.1) is 10.3 Å². The average Bonchev–Trinajstić information content (AvgIpc) is 2.82. The van der Waals surface area contributed by atoms with E-state index in [2.05, 4.69) is 5.32 Å². The fourth-order valence-electron chi connectivity index (χ4n) is 2.37. The van der Waals surface area contributed by atoms with E-state index in [9.17, 15) is 9.59 Å². The minimum atomic E-state index is -0.771. The maximum atomic E-state index is 11.8. The number of aliphatic carboxylic acids is 1. The lowest BCUT2D eigenvalue weighted by molar-refractivity contribution is -0.143. The van der Waals surface area contributed by atoms with Gasteiger partial charge in [-0.3, -0.25) is 9.59 Å². The largest absolute Gasteiger partial charge is 0.481 e. The Labute approximate surface area is 126 Å². The summed E-state index contributed by atoms with van der Waals surface area (Å²) < 4.78 is 0.682. The zero-order valence-electron chi connectivity index (χ0n) is 10.8. The van der Waals surface area contributed by atoms with Gasteiger partial charge in [0.15, 0.2) is 0 Å². The molecule has 0 aromatic carbocycles. The second-order valence-electron chi connectivity index (χ2n) is 4.88. The van der Waals surface area contributed by atoms with E-state index in [0.29, 0.717) is 17.2 Å². The van der Waals surface area contributed by atoms with Crippen LogP contribution in [0.2, 0.25) is 4.34 Å². The number of amides is 1. The number of hydrogen-bond donors (Lipinski definition) is 2. The van der Waals surface area contributed by atoms with Crippen molar-refractivity contribution in [3.05, 3.63) is 27.4 Å². The lowest BCUT2D eigenvalue weighted by Gasteiger charge is -2.26. The normalized spacial score (nSPS) is 22.9. The van der Waals surface area contributed by atoms with Crippen molar-refractivity contribution >= 4 is 40.9 Å². The molecule has 4 nitrogen and oxygen atoms in total. The van der Waals surface area contributed by atoms with Gasteiger partial charge in [0.1, 0.15) is 0 Å². The quantitative estimate of drug-likeness (QED) is 0.839. The molecule has 0 bridgehead atoms. The predicted molar refractivity (Wildman–Crippen MR) is 79.9 cm³/mol. The van der Waals surface area contributed by atoms with Gasteiger partial charge >= 0.3 is 5.97 Å². The van der Waals surface area contributed by atoms with Gasteiger partial charge in [0, 0.05) is 17.0 Å². The molecule has 108 valence electrons. The molecule has 0 spiro atoms. The Balaban J connectivity index is 1.85. The van der Waals surface area contributed by atoms with Gasteiger partial charge in [0.2, 0.25) is 5.91 Å². The maximum absolute atomic E-state index is 11.8.